The normalized spacial score (nSPS) is 19.0. The highest BCUT2D eigenvalue weighted by Crippen LogP contribution is 2.34. The molecule has 0 saturated heterocycles. The summed E-state index contributed by atoms with van der Waals surface area (Å²) in [4.78, 5) is 26.1. The molecule has 31 heavy (non-hydrogen) atoms. The van der Waals surface area contributed by atoms with Gasteiger partial charge in [0, 0.05) is 18.2 Å². The SMILES string of the molecule is CC1CCC(C(=O)N(c2nn(/C=C/c3ccc(F)cc3)cc2OC(=O)O)C(C)C)CC1. The van der Waals surface area contributed by atoms with Gasteiger partial charge in [0.05, 0.1) is 6.20 Å². The van der Waals surface area contributed by atoms with Gasteiger partial charge >= 0.3 is 6.16 Å². The lowest BCUT2D eigenvalue weighted by Gasteiger charge is -2.32. The number of carbonyl (C=O) groups is 2. The van der Waals surface area contributed by atoms with Crippen molar-refractivity contribution in [2.24, 2.45) is 11.8 Å². The van der Waals surface area contributed by atoms with Crippen LogP contribution in [0, 0.1) is 17.7 Å². The third kappa shape index (κ3) is 5.71. The summed E-state index contributed by atoms with van der Waals surface area (Å²) >= 11 is 0. The number of ether oxygens (including phenoxy) is 1. The van der Waals surface area contributed by atoms with Crippen LogP contribution in [0.1, 0.15) is 52.0 Å². The molecule has 0 atom stereocenters. The summed E-state index contributed by atoms with van der Waals surface area (Å²) in [7, 11) is 0. The van der Waals surface area contributed by atoms with Crippen LogP contribution in [0.15, 0.2) is 30.5 Å². The molecule has 8 heteroatoms. The molecule has 166 valence electrons. The van der Waals surface area contributed by atoms with Crippen LogP contribution < -0.4 is 9.64 Å². The number of benzene rings is 1. The minimum absolute atomic E-state index is 0.0116. The molecule has 1 aliphatic carbocycles. The summed E-state index contributed by atoms with van der Waals surface area (Å²) < 4.78 is 19.4. The predicted molar refractivity (Wildman–Crippen MR) is 116 cm³/mol. The van der Waals surface area contributed by atoms with E-state index in [-0.39, 0.29) is 35.3 Å². The number of carboxylic acid groups (broad SMARTS) is 1. The molecule has 1 N–H and O–H groups in total. The first-order chi connectivity index (χ1) is 14.7. The number of carbonyl (C=O) groups excluding carboxylic acids is 1. The average Bonchev–Trinajstić information content (AvgIpc) is 3.09. The Morgan fingerprint density at radius 3 is 2.45 bits per heavy atom. The minimum Gasteiger partial charge on any atom is -0.449 e. The van der Waals surface area contributed by atoms with Crippen LogP contribution in [-0.2, 0) is 4.79 Å². The predicted octanol–water partition coefficient (Wildman–Crippen LogP) is 5.27. The number of amides is 1. The molecular weight excluding hydrogens is 401 g/mol. The summed E-state index contributed by atoms with van der Waals surface area (Å²) in [6.07, 6.45) is 6.83. The van der Waals surface area contributed by atoms with E-state index in [1.807, 2.05) is 13.8 Å². The van der Waals surface area contributed by atoms with Crippen molar-refractivity contribution in [3.8, 4) is 5.75 Å². The van der Waals surface area contributed by atoms with Gasteiger partial charge in [0.25, 0.3) is 0 Å². The molecule has 1 aromatic carbocycles. The maximum absolute atomic E-state index is 13.3. The standard InChI is InChI=1S/C23H28FN3O4/c1-15(2)27(22(28)18-8-4-16(3)5-9-18)21-20(31-23(29)30)14-26(25-21)13-12-17-6-10-19(24)11-7-17/h6-7,10-16,18H,4-5,8-9H2,1-3H3,(H,29,30)/b13-12+. The molecule has 1 aliphatic rings. The first kappa shape index (κ1) is 22.5. The Morgan fingerprint density at radius 1 is 1.23 bits per heavy atom. The number of hydrogen-bond donors (Lipinski definition) is 1. The summed E-state index contributed by atoms with van der Waals surface area (Å²) in [5.74, 6) is 0.255. The average molecular weight is 429 g/mol. The van der Waals surface area contributed by atoms with E-state index in [1.165, 1.54) is 27.9 Å². The summed E-state index contributed by atoms with van der Waals surface area (Å²) in [5, 5.41) is 13.6. The zero-order valence-corrected chi connectivity index (χ0v) is 18.0. The molecule has 1 saturated carbocycles. The van der Waals surface area contributed by atoms with Gasteiger partial charge in [-0.3, -0.25) is 9.69 Å². The molecule has 1 aromatic heterocycles. The summed E-state index contributed by atoms with van der Waals surface area (Å²) in [6.45, 7) is 5.91. The molecule has 0 unspecified atom stereocenters. The van der Waals surface area contributed by atoms with Crippen molar-refractivity contribution in [1.82, 2.24) is 9.78 Å². The zero-order valence-electron chi connectivity index (χ0n) is 18.0. The first-order valence-corrected chi connectivity index (χ1v) is 10.5. The van der Waals surface area contributed by atoms with Crippen molar-refractivity contribution in [3.63, 3.8) is 0 Å². The Labute approximate surface area is 181 Å². The number of anilines is 1. The minimum atomic E-state index is -1.48. The van der Waals surface area contributed by atoms with Crippen LogP contribution in [0.3, 0.4) is 0 Å². The van der Waals surface area contributed by atoms with Crippen molar-refractivity contribution in [2.75, 3.05) is 4.90 Å². The molecule has 1 amide bonds. The maximum atomic E-state index is 13.3. The topological polar surface area (TPSA) is 84.7 Å². The van der Waals surface area contributed by atoms with E-state index in [2.05, 4.69) is 12.0 Å². The van der Waals surface area contributed by atoms with Crippen LogP contribution in [-0.4, -0.2) is 33.0 Å². The van der Waals surface area contributed by atoms with E-state index in [0.29, 0.717) is 5.92 Å². The van der Waals surface area contributed by atoms with Crippen LogP contribution in [0.2, 0.25) is 0 Å². The summed E-state index contributed by atoms with van der Waals surface area (Å²) in [6, 6.07) is 5.68. The Morgan fingerprint density at radius 2 is 1.87 bits per heavy atom. The van der Waals surface area contributed by atoms with E-state index >= 15 is 0 Å². The molecule has 1 fully saturated rings. The van der Waals surface area contributed by atoms with E-state index in [1.54, 1.807) is 24.4 Å². The molecule has 1 heterocycles. The molecule has 0 radical (unpaired) electrons. The highest BCUT2D eigenvalue weighted by atomic mass is 19.1. The third-order valence-corrected chi connectivity index (χ3v) is 5.51. The van der Waals surface area contributed by atoms with Gasteiger partial charge in [-0.1, -0.05) is 19.1 Å². The fourth-order valence-electron chi connectivity index (χ4n) is 3.82. The summed E-state index contributed by atoms with van der Waals surface area (Å²) in [5.41, 5.74) is 0.743. The van der Waals surface area contributed by atoms with Crippen LogP contribution in [0.4, 0.5) is 15.0 Å². The monoisotopic (exact) mass is 429 g/mol. The lowest BCUT2D eigenvalue weighted by atomic mass is 9.82. The van der Waals surface area contributed by atoms with Crippen molar-refractivity contribution in [2.45, 2.75) is 52.5 Å². The highest BCUT2D eigenvalue weighted by molar-refractivity contribution is 5.96. The first-order valence-electron chi connectivity index (χ1n) is 10.5. The Bertz CT molecular complexity index is 944. The Balaban J connectivity index is 1.91. The fourth-order valence-corrected chi connectivity index (χ4v) is 3.82. The number of hydrogen-bond acceptors (Lipinski definition) is 4. The van der Waals surface area contributed by atoms with Crippen molar-refractivity contribution >= 4 is 30.2 Å². The second-order valence-corrected chi connectivity index (χ2v) is 8.29. The van der Waals surface area contributed by atoms with Gasteiger partial charge in [0.15, 0.2) is 5.75 Å². The second kappa shape index (κ2) is 9.76. The lowest BCUT2D eigenvalue weighted by Crippen LogP contribution is -2.42. The van der Waals surface area contributed by atoms with Gasteiger partial charge in [-0.2, -0.15) is 0 Å². The fraction of sp³-hybridized carbons (Fsp3) is 0.435. The van der Waals surface area contributed by atoms with E-state index < -0.39 is 6.16 Å². The van der Waals surface area contributed by atoms with Gasteiger partial charge in [0.1, 0.15) is 5.82 Å². The van der Waals surface area contributed by atoms with Crippen LogP contribution in [0.5, 0.6) is 5.75 Å². The molecule has 2 aromatic rings. The van der Waals surface area contributed by atoms with E-state index in [4.69, 9.17) is 9.84 Å². The van der Waals surface area contributed by atoms with Gasteiger partial charge < -0.3 is 9.84 Å². The molecule has 7 nitrogen and oxygen atoms in total. The Hall–Kier alpha value is -3.16. The molecule has 0 aliphatic heterocycles. The van der Waals surface area contributed by atoms with E-state index in [9.17, 15) is 14.0 Å². The van der Waals surface area contributed by atoms with Crippen molar-refractivity contribution < 1.29 is 23.8 Å². The van der Waals surface area contributed by atoms with E-state index in [0.717, 1.165) is 31.2 Å². The number of rotatable bonds is 6. The van der Waals surface area contributed by atoms with Crippen molar-refractivity contribution in [1.29, 1.82) is 0 Å². The maximum Gasteiger partial charge on any atom is 0.511 e. The molecule has 0 spiro atoms. The Kier molecular flexibility index (Phi) is 7.09. The number of aromatic nitrogens is 2. The van der Waals surface area contributed by atoms with Crippen LogP contribution >= 0.6 is 0 Å². The molecule has 0 bridgehead atoms. The highest BCUT2D eigenvalue weighted by Gasteiger charge is 2.33. The van der Waals surface area contributed by atoms with Crippen LogP contribution in [0.25, 0.3) is 12.3 Å². The third-order valence-electron chi connectivity index (χ3n) is 5.51. The van der Waals surface area contributed by atoms with Gasteiger partial charge in [0.2, 0.25) is 11.7 Å². The quantitative estimate of drug-likeness (QED) is 0.632. The molecular formula is C23H28FN3O4. The largest absolute Gasteiger partial charge is 0.511 e. The second-order valence-electron chi connectivity index (χ2n) is 8.29. The van der Waals surface area contributed by atoms with Crippen molar-refractivity contribution in [3.05, 3.63) is 41.8 Å². The number of nitrogens with zero attached hydrogens (tertiary/aromatic N) is 3. The molecule has 3 rings (SSSR count). The van der Waals surface area contributed by atoms with Gasteiger partial charge in [-0.25, -0.2) is 13.9 Å². The lowest BCUT2D eigenvalue weighted by molar-refractivity contribution is -0.124. The smallest absolute Gasteiger partial charge is 0.449 e. The zero-order chi connectivity index (χ0) is 22.5. The van der Waals surface area contributed by atoms with Gasteiger partial charge in [-0.15, -0.1) is 5.10 Å². The van der Waals surface area contributed by atoms with Gasteiger partial charge in [-0.05, 0) is 69.2 Å². The number of halogens is 1.